The Labute approximate surface area is 240 Å². The summed E-state index contributed by atoms with van der Waals surface area (Å²) in [5, 5.41) is 20.6. The lowest BCUT2D eigenvalue weighted by Crippen LogP contribution is -2.56. The SMILES string of the molecule is CC(C)Oc1ccc(N2C(=O)[C@@H](C)N(C3CCC(F)(F)CC3)c3nc(Nc4cnc5[nH]ncc5c4)ncc32)cc1C#N. The number of pyridine rings is 1. The third kappa shape index (κ3) is 5.04. The van der Waals surface area contributed by atoms with Crippen molar-refractivity contribution in [2.75, 3.05) is 15.1 Å². The van der Waals surface area contributed by atoms with Gasteiger partial charge in [-0.25, -0.2) is 18.7 Å². The zero-order valence-corrected chi connectivity index (χ0v) is 23.3. The van der Waals surface area contributed by atoms with Crippen LogP contribution >= 0.6 is 0 Å². The molecule has 1 amide bonds. The van der Waals surface area contributed by atoms with Crippen LogP contribution in [0.2, 0.25) is 0 Å². The van der Waals surface area contributed by atoms with Gasteiger partial charge in [-0.3, -0.25) is 14.8 Å². The van der Waals surface area contributed by atoms with Crippen molar-refractivity contribution in [1.82, 2.24) is 25.1 Å². The van der Waals surface area contributed by atoms with Crippen molar-refractivity contribution in [3.8, 4) is 11.8 Å². The van der Waals surface area contributed by atoms with Crippen molar-refractivity contribution in [3.05, 3.63) is 48.4 Å². The van der Waals surface area contributed by atoms with Crippen LogP contribution in [0.15, 0.2) is 42.9 Å². The number of nitrogens with one attached hydrogen (secondary N) is 2. The van der Waals surface area contributed by atoms with Crippen LogP contribution in [0.4, 0.5) is 37.6 Å². The molecule has 1 atom stereocenters. The number of hydrogen-bond donors (Lipinski definition) is 2. The van der Waals surface area contributed by atoms with Crippen LogP contribution in [0, 0.1) is 11.3 Å². The number of amides is 1. The summed E-state index contributed by atoms with van der Waals surface area (Å²) in [6.45, 7) is 5.48. The van der Waals surface area contributed by atoms with Crippen LogP contribution in [0.1, 0.15) is 52.0 Å². The summed E-state index contributed by atoms with van der Waals surface area (Å²) >= 11 is 0. The van der Waals surface area contributed by atoms with Crippen molar-refractivity contribution < 1.29 is 18.3 Å². The topological polar surface area (TPSA) is 136 Å². The van der Waals surface area contributed by atoms with E-state index in [-0.39, 0.29) is 55.2 Å². The highest BCUT2D eigenvalue weighted by atomic mass is 19.3. The molecule has 13 heteroatoms. The highest BCUT2D eigenvalue weighted by Gasteiger charge is 2.45. The number of carbonyl (C=O) groups is 1. The maximum atomic E-state index is 14.1. The van der Waals surface area contributed by atoms with E-state index in [0.29, 0.717) is 34.3 Å². The van der Waals surface area contributed by atoms with Crippen LogP contribution in [-0.4, -0.2) is 55.2 Å². The van der Waals surface area contributed by atoms with Crippen molar-refractivity contribution in [2.45, 2.75) is 70.6 Å². The van der Waals surface area contributed by atoms with Crippen molar-refractivity contribution in [1.29, 1.82) is 5.26 Å². The van der Waals surface area contributed by atoms with Gasteiger partial charge < -0.3 is 15.0 Å². The first-order valence-electron chi connectivity index (χ1n) is 13.8. The van der Waals surface area contributed by atoms with Crippen LogP contribution in [0.25, 0.3) is 11.0 Å². The number of hydrogen-bond acceptors (Lipinski definition) is 9. The predicted octanol–water partition coefficient (Wildman–Crippen LogP) is 5.60. The minimum Gasteiger partial charge on any atom is -0.490 e. The van der Waals surface area contributed by atoms with Gasteiger partial charge in [-0.05, 0) is 57.9 Å². The summed E-state index contributed by atoms with van der Waals surface area (Å²) in [6, 6.07) is 7.94. The minimum atomic E-state index is -2.72. The average molecular weight is 574 g/mol. The monoisotopic (exact) mass is 573 g/mol. The summed E-state index contributed by atoms with van der Waals surface area (Å²) < 4.78 is 34.0. The van der Waals surface area contributed by atoms with Crippen LogP contribution in [0.5, 0.6) is 5.75 Å². The lowest BCUT2D eigenvalue weighted by molar-refractivity contribution is -0.119. The molecule has 1 aliphatic heterocycles. The molecule has 4 heterocycles. The molecular weight excluding hydrogens is 544 g/mol. The van der Waals surface area contributed by atoms with Crippen LogP contribution < -0.4 is 19.9 Å². The molecule has 42 heavy (non-hydrogen) atoms. The normalized spacial score (nSPS) is 18.7. The second kappa shape index (κ2) is 10.5. The average Bonchev–Trinajstić information content (AvgIpc) is 3.43. The van der Waals surface area contributed by atoms with E-state index in [2.05, 4.69) is 31.6 Å². The molecule has 6 rings (SSSR count). The Morgan fingerprint density at radius 2 is 1.95 bits per heavy atom. The summed E-state index contributed by atoms with van der Waals surface area (Å²) in [6.07, 6.45) is 4.59. The standard InChI is InChI=1S/C29H29F2N9O2/c1-16(2)42-24-5-4-22(11-18(24)12-32)40-23-15-34-28(36-20-10-19-13-35-38-25(19)33-14-20)37-26(23)39(17(3)27(40)41)21-6-8-29(30,31)9-7-21/h4-5,10-11,13-17,21H,6-9H2,1-3H3,(H,33,35,38)(H,34,36,37)/t17-/m1/s1. The van der Waals surface area contributed by atoms with Gasteiger partial charge in [0.1, 0.15) is 23.5 Å². The summed E-state index contributed by atoms with van der Waals surface area (Å²) in [5.41, 5.74) is 2.39. The molecule has 2 aliphatic rings. The van der Waals surface area contributed by atoms with E-state index in [1.807, 2.05) is 24.8 Å². The first-order valence-corrected chi connectivity index (χ1v) is 13.8. The van der Waals surface area contributed by atoms with E-state index in [1.165, 1.54) is 11.1 Å². The van der Waals surface area contributed by atoms with Crippen molar-refractivity contribution in [2.24, 2.45) is 0 Å². The molecule has 0 spiro atoms. The van der Waals surface area contributed by atoms with Crippen LogP contribution in [-0.2, 0) is 4.79 Å². The Hall–Kier alpha value is -4.86. The number of fused-ring (bicyclic) bond motifs is 2. The quantitative estimate of drug-likeness (QED) is 0.302. The number of alkyl halides is 2. The number of nitrogens with zero attached hydrogens (tertiary/aromatic N) is 7. The van der Waals surface area contributed by atoms with Gasteiger partial charge in [-0.2, -0.15) is 15.3 Å². The van der Waals surface area contributed by atoms with Gasteiger partial charge in [0.15, 0.2) is 11.5 Å². The fraction of sp³-hybridized carbons (Fsp3) is 0.379. The minimum absolute atomic E-state index is 0.138. The number of aromatic amines is 1. The maximum absolute atomic E-state index is 14.1. The van der Waals surface area contributed by atoms with E-state index in [0.717, 1.165) is 5.39 Å². The van der Waals surface area contributed by atoms with Crippen molar-refractivity contribution >= 4 is 45.8 Å². The number of carbonyl (C=O) groups excluding carboxylic acids is 1. The molecule has 1 aromatic carbocycles. The number of aromatic nitrogens is 5. The highest BCUT2D eigenvalue weighted by Crippen LogP contribution is 2.45. The molecule has 1 saturated carbocycles. The van der Waals surface area contributed by atoms with Gasteiger partial charge in [0, 0.05) is 24.3 Å². The Bertz CT molecular complexity index is 1690. The molecule has 0 unspecified atom stereocenters. The molecule has 0 saturated heterocycles. The van der Waals surface area contributed by atoms with Crippen LogP contribution in [0.3, 0.4) is 0 Å². The predicted molar refractivity (Wildman–Crippen MR) is 152 cm³/mol. The number of ether oxygens (including phenoxy) is 1. The Morgan fingerprint density at radius 3 is 2.69 bits per heavy atom. The number of benzene rings is 1. The maximum Gasteiger partial charge on any atom is 0.254 e. The molecular formula is C29H29F2N9O2. The first kappa shape index (κ1) is 27.3. The first-order chi connectivity index (χ1) is 20.1. The second-order valence-electron chi connectivity index (χ2n) is 10.9. The second-order valence-corrected chi connectivity index (χ2v) is 10.9. The number of rotatable bonds is 6. The lowest BCUT2D eigenvalue weighted by Gasteiger charge is -2.46. The van der Waals surface area contributed by atoms with Gasteiger partial charge in [0.25, 0.3) is 5.91 Å². The number of nitriles is 1. The van der Waals surface area contributed by atoms with Gasteiger partial charge in [0.05, 0.1) is 41.6 Å². The lowest BCUT2D eigenvalue weighted by atomic mass is 9.89. The zero-order valence-electron chi connectivity index (χ0n) is 23.3. The fourth-order valence-electron chi connectivity index (χ4n) is 5.58. The van der Waals surface area contributed by atoms with E-state index >= 15 is 0 Å². The summed E-state index contributed by atoms with van der Waals surface area (Å²) in [4.78, 5) is 30.9. The zero-order chi connectivity index (χ0) is 29.6. The van der Waals surface area contributed by atoms with Gasteiger partial charge in [-0.15, -0.1) is 0 Å². The molecule has 4 aromatic rings. The third-order valence-corrected chi connectivity index (χ3v) is 7.56. The number of H-pyrrole nitrogens is 1. The Balaban J connectivity index is 1.42. The Morgan fingerprint density at radius 1 is 1.17 bits per heavy atom. The van der Waals surface area contributed by atoms with Crippen molar-refractivity contribution in [3.63, 3.8) is 0 Å². The highest BCUT2D eigenvalue weighted by molar-refractivity contribution is 6.10. The summed E-state index contributed by atoms with van der Waals surface area (Å²) in [7, 11) is 0. The molecule has 1 fully saturated rings. The molecule has 11 nitrogen and oxygen atoms in total. The Kier molecular flexibility index (Phi) is 6.84. The van der Waals surface area contributed by atoms with Gasteiger partial charge in [0.2, 0.25) is 11.9 Å². The molecule has 2 N–H and O–H groups in total. The van der Waals surface area contributed by atoms with E-state index < -0.39 is 12.0 Å². The largest absolute Gasteiger partial charge is 0.490 e. The molecule has 3 aromatic heterocycles. The molecule has 0 radical (unpaired) electrons. The summed E-state index contributed by atoms with van der Waals surface area (Å²) in [5.74, 6) is -1.89. The van der Waals surface area contributed by atoms with Gasteiger partial charge >= 0.3 is 0 Å². The smallest absolute Gasteiger partial charge is 0.254 e. The molecule has 1 aliphatic carbocycles. The molecule has 0 bridgehead atoms. The van der Waals surface area contributed by atoms with E-state index in [9.17, 15) is 18.8 Å². The fourth-order valence-corrected chi connectivity index (χ4v) is 5.58. The third-order valence-electron chi connectivity index (χ3n) is 7.56. The van der Waals surface area contributed by atoms with E-state index in [4.69, 9.17) is 9.72 Å². The van der Waals surface area contributed by atoms with E-state index in [1.54, 1.807) is 37.5 Å². The number of halogens is 2. The molecule has 216 valence electrons. The van der Waals surface area contributed by atoms with Gasteiger partial charge in [-0.1, -0.05) is 0 Å². The number of anilines is 5.